The number of anilines is 1. The van der Waals surface area contributed by atoms with Crippen LogP contribution in [0.5, 0.6) is 5.75 Å². The van der Waals surface area contributed by atoms with E-state index in [1.807, 2.05) is 0 Å². The molecule has 1 atom stereocenters. The summed E-state index contributed by atoms with van der Waals surface area (Å²) >= 11 is 0. The first-order chi connectivity index (χ1) is 8.89. The van der Waals surface area contributed by atoms with E-state index < -0.39 is 17.7 Å². The van der Waals surface area contributed by atoms with Crippen molar-refractivity contribution in [2.45, 2.75) is 25.4 Å². The zero-order valence-corrected chi connectivity index (χ0v) is 10.5. The van der Waals surface area contributed by atoms with Gasteiger partial charge in [0.1, 0.15) is 11.4 Å². The second-order valence-electron chi connectivity index (χ2n) is 4.81. The highest BCUT2D eigenvalue weighted by atomic mass is 16.6. The summed E-state index contributed by atoms with van der Waals surface area (Å²) in [6.45, 7) is 2.01. The van der Waals surface area contributed by atoms with Gasteiger partial charge in [0.05, 0.1) is 6.54 Å². The number of phenolic OH excluding ortho intramolecular Hbond substituents is 1. The molecule has 1 aliphatic rings. The summed E-state index contributed by atoms with van der Waals surface area (Å²) in [5.74, 6) is -0.801. The van der Waals surface area contributed by atoms with Gasteiger partial charge in [-0.25, -0.2) is 4.79 Å². The first-order valence-corrected chi connectivity index (χ1v) is 5.91. The highest BCUT2D eigenvalue weighted by Gasteiger charge is 2.42. The van der Waals surface area contributed by atoms with E-state index in [0.29, 0.717) is 12.2 Å². The van der Waals surface area contributed by atoms with Crippen molar-refractivity contribution >= 4 is 17.7 Å². The Morgan fingerprint density at radius 1 is 1.42 bits per heavy atom. The van der Waals surface area contributed by atoms with Gasteiger partial charge < -0.3 is 14.9 Å². The fourth-order valence-corrected chi connectivity index (χ4v) is 2.03. The zero-order valence-electron chi connectivity index (χ0n) is 10.5. The molecule has 2 N–H and O–H groups in total. The van der Waals surface area contributed by atoms with Crippen LogP contribution in [0.1, 0.15) is 19.8 Å². The summed E-state index contributed by atoms with van der Waals surface area (Å²) in [5.41, 5.74) is -0.185. The summed E-state index contributed by atoms with van der Waals surface area (Å²) in [4.78, 5) is 23.8. The van der Waals surface area contributed by atoms with E-state index in [2.05, 4.69) is 0 Å². The van der Waals surface area contributed by atoms with Crippen LogP contribution in [0.4, 0.5) is 10.5 Å². The molecular weight excluding hydrogens is 250 g/mol. The number of benzene rings is 1. The Balaban J connectivity index is 2.10. The SMILES string of the molecule is CC1(CCC(=O)O)CN(c2ccc(O)cc2)C(=O)O1. The van der Waals surface area contributed by atoms with E-state index in [1.54, 1.807) is 19.1 Å². The number of cyclic esters (lactones) is 1. The topological polar surface area (TPSA) is 87.1 Å². The third-order valence-electron chi connectivity index (χ3n) is 3.08. The van der Waals surface area contributed by atoms with Gasteiger partial charge in [-0.3, -0.25) is 9.69 Å². The molecule has 1 aromatic rings. The lowest BCUT2D eigenvalue weighted by molar-refractivity contribution is -0.138. The van der Waals surface area contributed by atoms with Crippen LogP contribution >= 0.6 is 0 Å². The van der Waals surface area contributed by atoms with E-state index in [4.69, 9.17) is 9.84 Å². The Morgan fingerprint density at radius 2 is 2.05 bits per heavy atom. The molecule has 0 spiro atoms. The van der Waals surface area contributed by atoms with Gasteiger partial charge in [-0.05, 0) is 37.6 Å². The van der Waals surface area contributed by atoms with Gasteiger partial charge in [0.2, 0.25) is 0 Å². The van der Waals surface area contributed by atoms with Gasteiger partial charge in [-0.1, -0.05) is 0 Å². The molecule has 0 aliphatic carbocycles. The molecule has 0 radical (unpaired) electrons. The predicted octanol–water partition coefficient (Wildman–Crippen LogP) is 1.97. The fourth-order valence-electron chi connectivity index (χ4n) is 2.03. The molecule has 1 unspecified atom stereocenters. The first-order valence-electron chi connectivity index (χ1n) is 5.91. The number of carboxylic acid groups (broad SMARTS) is 1. The van der Waals surface area contributed by atoms with Crippen molar-refractivity contribution in [2.24, 2.45) is 0 Å². The van der Waals surface area contributed by atoms with Crippen LogP contribution in [-0.4, -0.2) is 34.4 Å². The van der Waals surface area contributed by atoms with E-state index >= 15 is 0 Å². The van der Waals surface area contributed by atoms with Gasteiger partial charge in [0.15, 0.2) is 0 Å². The van der Waals surface area contributed by atoms with Crippen LogP contribution in [0.3, 0.4) is 0 Å². The van der Waals surface area contributed by atoms with Gasteiger partial charge in [0.25, 0.3) is 0 Å². The summed E-state index contributed by atoms with van der Waals surface area (Å²) in [6.07, 6.45) is -0.283. The van der Waals surface area contributed by atoms with Crippen molar-refractivity contribution in [1.29, 1.82) is 0 Å². The van der Waals surface area contributed by atoms with Crippen molar-refractivity contribution in [2.75, 3.05) is 11.4 Å². The lowest BCUT2D eigenvalue weighted by Crippen LogP contribution is -2.31. The first kappa shape index (κ1) is 13.2. The molecule has 1 aromatic carbocycles. The van der Waals surface area contributed by atoms with E-state index in [0.717, 1.165) is 0 Å². The van der Waals surface area contributed by atoms with E-state index in [9.17, 15) is 14.7 Å². The Hall–Kier alpha value is -2.24. The van der Waals surface area contributed by atoms with Crippen molar-refractivity contribution in [3.8, 4) is 5.75 Å². The molecule has 6 heteroatoms. The number of aliphatic carboxylic acids is 1. The molecule has 1 fully saturated rings. The monoisotopic (exact) mass is 265 g/mol. The van der Waals surface area contributed by atoms with Crippen molar-refractivity contribution in [1.82, 2.24) is 0 Å². The minimum atomic E-state index is -0.916. The maximum atomic E-state index is 11.8. The molecule has 1 aliphatic heterocycles. The summed E-state index contributed by atoms with van der Waals surface area (Å²) < 4.78 is 5.26. The van der Waals surface area contributed by atoms with Crippen molar-refractivity contribution in [3.63, 3.8) is 0 Å². The molecule has 0 aromatic heterocycles. The molecule has 19 heavy (non-hydrogen) atoms. The molecule has 1 heterocycles. The number of rotatable bonds is 4. The van der Waals surface area contributed by atoms with Crippen molar-refractivity contribution in [3.05, 3.63) is 24.3 Å². The van der Waals surface area contributed by atoms with E-state index in [1.165, 1.54) is 17.0 Å². The second kappa shape index (κ2) is 4.79. The number of amides is 1. The standard InChI is InChI=1S/C13H15NO5/c1-13(7-6-11(16)17)8-14(12(18)19-13)9-2-4-10(15)5-3-9/h2-5,15H,6-8H2,1H3,(H,16,17). The lowest BCUT2D eigenvalue weighted by atomic mass is 10.00. The number of phenols is 1. The Labute approximate surface area is 110 Å². The van der Waals surface area contributed by atoms with Gasteiger partial charge >= 0.3 is 12.1 Å². The maximum absolute atomic E-state index is 11.8. The number of hydrogen-bond acceptors (Lipinski definition) is 4. The minimum absolute atomic E-state index is 0.0484. The average Bonchev–Trinajstić information content (AvgIpc) is 2.64. The van der Waals surface area contributed by atoms with Gasteiger partial charge in [-0.2, -0.15) is 0 Å². The maximum Gasteiger partial charge on any atom is 0.415 e. The molecule has 1 amide bonds. The smallest absolute Gasteiger partial charge is 0.415 e. The quantitative estimate of drug-likeness (QED) is 0.869. The molecule has 6 nitrogen and oxygen atoms in total. The van der Waals surface area contributed by atoms with Crippen molar-refractivity contribution < 1.29 is 24.5 Å². The predicted molar refractivity (Wildman–Crippen MR) is 67.2 cm³/mol. The molecule has 2 rings (SSSR count). The highest BCUT2D eigenvalue weighted by Crippen LogP contribution is 2.31. The third-order valence-corrected chi connectivity index (χ3v) is 3.08. The molecule has 0 bridgehead atoms. The normalized spacial score (nSPS) is 22.4. The zero-order chi connectivity index (χ0) is 14.0. The van der Waals surface area contributed by atoms with Crippen LogP contribution < -0.4 is 4.90 Å². The summed E-state index contributed by atoms with van der Waals surface area (Å²) in [7, 11) is 0. The van der Waals surface area contributed by atoms with Gasteiger partial charge in [0, 0.05) is 12.1 Å². The van der Waals surface area contributed by atoms with E-state index in [-0.39, 0.29) is 18.6 Å². The lowest BCUT2D eigenvalue weighted by Gasteiger charge is -2.20. The Morgan fingerprint density at radius 3 is 2.63 bits per heavy atom. The largest absolute Gasteiger partial charge is 0.508 e. The third kappa shape index (κ3) is 2.96. The fraction of sp³-hybridized carbons (Fsp3) is 0.385. The molecule has 0 saturated carbocycles. The number of hydrogen-bond donors (Lipinski definition) is 2. The molecule has 1 saturated heterocycles. The Kier molecular flexibility index (Phi) is 3.33. The van der Waals surface area contributed by atoms with Crippen LogP contribution in [0.2, 0.25) is 0 Å². The second-order valence-corrected chi connectivity index (χ2v) is 4.81. The van der Waals surface area contributed by atoms with Crippen LogP contribution in [0.15, 0.2) is 24.3 Å². The van der Waals surface area contributed by atoms with Crippen LogP contribution in [0, 0.1) is 0 Å². The number of nitrogens with zero attached hydrogens (tertiary/aromatic N) is 1. The number of carboxylic acids is 1. The number of ether oxygens (including phenoxy) is 1. The molecular formula is C13H15NO5. The number of carbonyl (C=O) groups is 2. The van der Waals surface area contributed by atoms with Gasteiger partial charge in [-0.15, -0.1) is 0 Å². The summed E-state index contributed by atoms with van der Waals surface area (Å²) in [6, 6.07) is 6.18. The van der Waals surface area contributed by atoms with Crippen LogP contribution in [0.25, 0.3) is 0 Å². The minimum Gasteiger partial charge on any atom is -0.508 e. The summed E-state index contributed by atoms with van der Waals surface area (Å²) in [5, 5.41) is 17.9. The number of carbonyl (C=O) groups excluding carboxylic acids is 1. The molecule has 102 valence electrons. The number of aromatic hydroxyl groups is 1. The Bertz CT molecular complexity index is 498. The highest BCUT2D eigenvalue weighted by molar-refractivity contribution is 5.90. The average molecular weight is 265 g/mol. The van der Waals surface area contributed by atoms with Crippen LogP contribution in [-0.2, 0) is 9.53 Å².